The van der Waals surface area contributed by atoms with E-state index in [4.69, 9.17) is 47.9 Å². The predicted octanol–water partition coefficient (Wildman–Crippen LogP) is 12.3. The normalized spacial score (nSPS) is 16.4. The number of carbonyl (C=O) groups excluding carboxylic acids is 8. The number of esters is 1. The number of rotatable bonds is 20. The van der Waals surface area contributed by atoms with Crippen LogP contribution < -0.4 is 30.6 Å². The van der Waals surface area contributed by atoms with Crippen molar-refractivity contribution in [3.8, 4) is 17.2 Å². The van der Waals surface area contributed by atoms with E-state index in [1.807, 2.05) is 10.8 Å². The Bertz CT molecular complexity index is 4530. The van der Waals surface area contributed by atoms with Crippen LogP contribution in [0.15, 0.2) is 131 Å². The molecule has 104 heavy (non-hydrogen) atoms. The summed E-state index contributed by atoms with van der Waals surface area (Å²) in [4.78, 5) is 123. The molecule has 7 heterocycles. The van der Waals surface area contributed by atoms with E-state index in [1.165, 1.54) is 120 Å². The number of benzene rings is 5. The lowest BCUT2D eigenvalue weighted by atomic mass is 10.1. The van der Waals surface area contributed by atoms with Crippen LogP contribution in [0.3, 0.4) is 0 Å². The highest BCUT2D eigenvalue weighted by Gasteiger charge is 2.41. The highest BCUT2D eigenvalue weighted by molar-refractivity contribution is 7.07. The van der Waals surface area contributed by atoms with E-state index in [1.54, 1.807) is 46.6 Å². The van der Waals surface area contributed by atoms with Gasteiger partial charge in [0.1, 0.15) is 66.4 Å². The second kappa shape index (κ2) is 38.0. The number of hydrogen-bond acceptors (Lipinski definition) is 19. The van der Waals surface area contributed by atoms with Gasteiger partial charge in [-0.25, -0.2) is 32.3 Å². The third-order valence-corrected chi connectivity index (χ3v) is 18.2. The van der Waals surface area contributed by atoms with Crippen molar-refractivity contribution in [1.29, 1.82) is 0 Å². The Labute approximate surface area is 614 Å². The van der Waals surface area contributed by atoms with E-state index < -0.39 is 76.7 Å². The second-order valence-corrected chi connectivity index (χ2v) is 25.9. The number of nitrogens with two attached hydrogens (primary N) is 1. The summed E-state index contributed by atoms with van der Waals surface area (Å²) in [6.45, 7) is 4.67. The van der Waals surface area contributed by atoms with Gasteiger partial charge in [0.05, 0.1) is 74.0 Å². The summed E-state index contributed by atoms with van der Waals surface area (Å²) in [6.07, 6.45) is 2.06. The number of aromatic nitrogens is 4. The van der Waals surface area contributed by atoms with Gasteiger partial charge in [-0.05, 0) is 82.1 Å². The molecule has 3 saturated heterocycles. The summed E-state index contributed by atoms with van der Waals surface area (Å²) < 4.78 is 81.5. The Morgan fingerprint density at radius 2 is 1.14 bits per heavy atom. The van der Waals surface area contributed by atoms with Crippen molar-refractivity contribution in [2.45, 2.75) is 130 Å². The zero-order valence-electron chi connectivity index (χ0n) is 55.6. The van der Waals surface area contributed by atoms with Gasteiger partial charge >= 0.3 is 12.1 Å². The average molecular weight is 1510 g/mol. The minimum absolute atomic E-state index is 0. The van der Waals surface area contributed by atoms with E-state index in [0.29, 0.717) is 46.4 Å². The maximum absolute atomic E-state index is 14.5. The fraction of sp³-hybridized carbons (Fsp3) is 0.324. The maximum Gasteiger partial charge on any atom is 0.519 e. The largest absolute Gasteiger partial charge is 0.519 e. The Morgan fingerprint density at radius 3 is 1.55 bits per heavy atom. The number of halogens is 6. The zero-order chi connectivity index (χ0) is 73.3. The first-order valence-corrected chi connectivity index (χ1v) is 34.4. The number of carbonyl (C=O) groups is 8. The molecule has 0 bridgehead atoms. The van der Waals surface area contributed by atoms with Crippen LogP contribution in [0.25, 0.3) is 21.8 Å². The summed E-state index contributed by atoms with van der Waals surface area (Å²) in [7, 11) is 0. The van der Waals surface area contributed by atoms with E-state index in [9.17, 15) is 66.0 Å². The van der Waals surface area contributed by atoms with Crippen LogP contribution in [0.4, 0.5) is 28.0 Å². The molecule has 3 radical (unpaired) electrons. The zero-order valence-corrected chi connectivity index (χ0v) is 58.7. The molecule has 0 aliphatic carbocycles. The molecule has 1 unspecified atom stereocenters. The van der Waals surface area contributed by atoms with Crippen LogP contribution in [-0.4, -0.2) is 140 Å². The van der Waals surface area contributed by atoms with Gasteiger partial charge < -0.3 is 54.2 Å². The lowest BCUT2D eigenvalue weighted by Gasteiger charge is -2.24. The summed E-state index contributed by atoms with van der Waals surface area (Å²) in [6, 6.07) is 20.3. The molecule has 547 valence electrons. The van der Waals surface area contributed by atoms with E-state index in [2.05, 4.69) is 27.5 Å². The summed E-state index contributed by atoms with van der Waals surface area (Å²) >= 11 is 14.6. The highest BCUT2D eigenvalue weighted by atomic mass is 35.5. The standard InChI is InChI=1S/C31H25ClF2N4O8.C30H27ClF2N4O5S.C5H10O.C4H6N2S.CH4.B/c1-17(39)24-15-36(26-12-22(9-10-23(24)26)46-31(42)45-21-7-5-20(6-8-21)38(43)44)16-28(40)37-14-19(33)11-27(37)30(41)35-13-18-3-2-4-25(32)29(18)34;1-17(38)23-13-36(25-10-21(6-7-22(23)25)42-28(40)8-5-20-15-43-16-35-20)14-27(39)37-12-19(32)9-26(37)30(41)34-11-18-3-2-4-24(31)29(18)33;1-5-3-2-4-6-5;5-1-4-2-7-3-6-4;;/h2-10,12,15,19,27H,11,13-14,16H2,1H3,(H,35,41);2-4,6-7,10,13,15-16,19,26H,5,8-9,11-12,14H2,1H3,(H,34,41);5H,2-4H2,1H3;2-3H,1,5H2;1H4;/t19-,27+;19-,26+;;;;/m11..../s1. The number of nitro groups is 1. The molecule has 5 aromatic carbocycles. The number of likely N-dealkylation sites (tertiary alicyclic amines) is 2. The molecule has 4 N–H and O–H groups in total. The summed E-state index contributed by atoms with van der Waals surface area (Å²) in [5, 5.41) is 20.5. The summed E-state index contributed by atoms with van der Waals surface area (Å²) in [5.41, 5.74) is 12.0. The van der Waals surface area contributed by atoms with Crippen LogP contribution in [0.5, 0.6) is 17.2 Å². The number of alkyl halides is 2. The number of nitrogens with zero attached hydrogens (tertiary/aromatic N) is 7. The number of ether oxygens (including phenoxy) is 4. The van der Waals surface area contributed by atoms with E-state index in [-0.39, 0.29) is 136 Å². The molecular weight excluding hydrogens is 1440 g/mol. The lowest BCUT2D eigenvalue weighted by Crippen LogP contribution is -2.46. The molecule has 9 aromatic rings. The highest BCUT2D eigenvalue weighted by Crippen LogP contribution is 2.32. The van der Waals surface area contributed by atoms with Crippen molar-refractivity contribution in [2.75, 3.05) is 19.7 Å². The first kappa shape index (κ1) is 81.4. The van der Waals surface area contributed by atoms with Crippen molar-refractivity contribution < 1.29 is 79.8 Å². The molecule has 0 spiro atoms. The minimum Gasteiger partial charge on any atom is -0.426 e. The van der Waals surface area contributed by atoms with Crippen LogP contribution in [0.1, 0.15) is 104 Å². The van der Waals surface area contributed by atoms with Gasteiger partial charge in [-0.15, -0.1) is 22.7 Å². The van der Waals surface area contributed by atoms with E-state index >= 15 is 0 Å². The molecule has 3 aliphatic rings. The molecule has 3 aliphatic heterocycles. The third kappa shape index (κ3) is 21.6. The number of Topliss-reactive ketones (excluding diaryl/α,β-unsaturated/α-hetero) is 2. The quantitative estimate of drug-likeness (QED) is 0.00933. The Morgan fingerprint density at radius 1 is 0.683 bits per heavy atom. The average Bonchev–Trinajstić information content (AvgIpc) is 1.63. The van der Waals surface area contributed by atoms with Crippen molar-refractivity contribution in [3.05, 3.63) is 197 Å². The molecular formula is C71H72BCl2F4N10O14S2. The molecule has 24 nitrogen and oxygen atoms in total. The van der Waals surface area contributed by atoms with Crippen LogP contribution in [-0.2, 0) is 67.9 Å². The SMILES string of the molecule is C.CC(=O)c1cn(CC(=O)N2C[C@H](F)C[C@H]2C(=O)NCc2cccc(Cl)c2F)c2cc(OC(=O)CCc3cscn3)ccc12.CC(=O)c1cn(CC(=O)N2C[C@H](F)C[C@H]2C(=O)NCc2cccc(Cl)c2F)c2cc(OC(=O)Oc3ccc([N+](=O)[O-])cc3)ccc12.CC1CCCO1.NCc1cscn1.[B]. The van der Waals surface area contributed by atoms with Crippen molar-refractivity contribution in [1.82, 2.24) is 39.5 Å². The van der Waals surface area contributed by atoms with Gasteiger partial charge in [-0.1, -0.05) is 54.9 Å². The van der Waals surface area contributed by atoms with Gasteiger partial charge in [-0.2, -0.15) is 0 Å². The van der Waals surface area contributed by atoms with Gasteiger partial charge in [-0.3, -0.25) is 43.7 Å². The number of nitro benzene ring substituents is 1. The fourth-order valence-corrected chi connectivity index (χ4v) is 12.8. The van der Waals surface area contributed by atoms with Crippen molar-refractivity contribution >= 4 is 129 Å². The molecule has 3 fully saturated rings. The monoisotopic (exact) mass is 1510 g/mol. The number of aryl methyl sites for hydroxylation is 1. The fourth-order valence-electron chi connectivity index (χ4n) is 11.3. The minimum atomic E-state index is -1.47. The lowest BCUT2D eigenvalue weighted by molar-refractivity contribution is -0.384. The van der Waals surface area contributed by atoms with E-state index in [0.717, 1.165) is 39.9 Å². The van der Waals surface area contributed by atoms with Crippen LogP contribution >= 0.6 is 45.9 Å². The number of thiazole rings is 2. The first-order chi connectivity index (χ1) is 48.8. The number of non-ortho nitro benzene ring substituents is 1. The first-order valence-electron chi connectivity index (χ1n) is 31.8. The van der Waals surface area contributed by atoms with Crippen LogP contribution in [0.2, 0.25) is 10.0 Å². The number of fused-ring (bicyclic) bond motifs is 2. The molecule has 4 aromatic heterocycles. The van der Waals surface area contributed by atoms with Crippen molar-refractivity contribution in [3.63, 3.8) is 0 Å². The third-order valence-electron chi connectivity index (χ3n) is 16.4. The van der Waals surface area contributed by atoms with Gasteiger partial charge in [0.15, 0.2) is 11.6 Å². The van der Waals surface area contributed by atoms with Gasteiger partial charge in [0, 0.05) is 134 Å². The van der Waals surface area contributed by atoms with Gasteiger partial charge in [0.2, 0.25) is 23.6 Å². The Hall–Kier alpha value is -9.92. The van der Waals surface area contributed by atoms with Crippen LogP contribution in [0, 0.1) is 21.7 Å². The number of hydrogen-bond donors (Lipinski definition) is 3. The molecule has 12 rings (SSSR count). The number of ketones is 2. The topological polar surface area (TPSA) is 309 Å². The Kier molecular flexibility index (Phi) is 29.8. The smallest absolute Gasteiger partial charge is 0.426 e. The predicted molar refractivity (Wildman–Crippen MR) is 383 cm³/mol. The number of amides is 4. The molecule has 0 saturated carbocycles. The summed E-state index contributed by atoms with van der Waals surface area (Å²) in [5.74, 6) is -4.62. The molecule has 33 heteroatoms. The number of nitrogens with one attached hydrogen (secondary N) is 2. The molecule has 5 atom stereocenters. The maximum atomic E-state index is 14.5. The Balaban J connectivity index is 0.000000243. The second-order valence-electron chi connectivity index (χ2n) is 23.6. The molecule has 4 amide bonds. The van der Waals surface area contributed by atoms with Gasteiger partial charge in [0.25, 0.3) is 5.69 Å². The van der Waals surface area contributed by atoms with Crippen molar-refractivity contribution in [2.24, 2.45) is 5.73 Å².